The second-order valence-corrected chi connectivity index (χ2v) is 4.95. The molecule has 0 aliphatic heterocycles. The fourth-order valence-electron chi connectivity index (χ4n) is 1.56. The van der Waals surface area contributed by atoms with Gasteiger partial charge >= 0.3 is 0 Å². The summed E-state index contributed by atoms with van der Waals surface area (Å²) in [6.45, 7) is 0.193. The van der Waals surface area contributed by atoms with Crippen molar-refractivity contribution < 1.29 is 9.13 Å². The summed E-state index contributed by atoms with van der Waals surface area (Å²) in [5.41, 5.74) is 1.41. The third-order valence-electron chi connectivity index (χ3n) is 2.51. The van der Waals surface area contributed by atoms with Crippen molar-refractivity contribution in [1.29, 1.82) is 0 Å². The first-order valence-electron chi connectivity index (χ1n) is 5.41. The number of ether oxygens (including phenoxy) is 1. The van der Waals surface area contributed by atoms with E-state index in [1.54, 1.807) is 18.2 Å². The smallest absolute Gasteiger partial charge is 0.129 e. The second-order valence-electron chi connectivity index (χ2n) is 3.77. The van der Waals surface area contributed by atoms with Crippen LogP contribution in [0.1, 0.15) is 11.1 Å². The van der Waals surface area contributed by atoms with Crippen LogP contribution < -0.4 is 4.74 Å². The highest BCUT2D eigenvalue weighted by Gasteiger charge is 2.06. The molecule has 2 aromatic carbocycles. The lowest BCUT2D eigenvalue weighted by Gasteiger charge is -2.10. The SMILES string of the molecule is Fc1ccccc1COc1ccc(Br)cc1CCl. The maximum Gasteiger partial charge on any atom is 0.129 e. The molecular weight excluding hydrogens is 319 g/mol. The van der Waals surface area contributed by atoms with Crippen LogP contribution in [0.3, 0.4) is 0 Å². The van der Waals surface area contributed by atoms with Gasteiger partial charge in [-0.2, -0.15) is 0 Å². The zero-order valence-electron chi connectivity index (χ0n) is 9.50. The van der Waals surface area contributed by atoms with E-state index in [-0.39, 0.29) is 12.4 Å². The van der Waals surface area contributed by atoms with Crippen molar-refractivity contribution in [2.75, 3.05) is 0 Å². The summed E-state index contributed by atoms with van der Waals surface area (Å²) in [5, 5.41) is 0. The van der Waals surface area contributed by atoms with Gasteiger partial charge in [0.25, 0.3) is 0 Å². The predicted molar refractivity (Wildman–Crippen MR) is 74.4 cm³/mol. The fraction of sp³-hybridized carbons (Fsp3) is 0.143. The van der Waals surface area contributed by atoms with Crippen LogP contribution in [0.15, 0.2) is 46.9 Å². The Morgan fingerprint density at radius 2 is 1.89 bits per heavy atom. The number of hydrogen-bond acceptors (Lipinski definition) is 1. The zero-order chi connectivity index (χ0) is 13.0. The lowest BCUT2D eigenvalue weighted by atomic mass is 10.2. The van der Waals surface area contributed by atoms with Crippen LogP contribution in [0, 0.1) is 5.82 Å². The molecule has 0 atom stereocenters. The van der Waals surface area contributed by atoms with Crippen LogP contribution in [-0.2, 0) is 12.5 Å². The van der Waals surface area contributed by atoms with Gasteiger partial charge in [0, 0.05) is 15.6 Å². The number of benzene rings is 2. The summed E-state index contributed by atoms with van der Waals surface area (Å²) in [4.78, 5) is 0. The van der Waals surface area contributed by atoms with E-state index in [2.05, 4.69) is 15.9 Å². The summed E-state index contributed by atoms with van der Waals surface area (Å²) < 4.78 is 20.0. The molecular formula is C14H11BrClFO. The van der Waals surface area contributed by atoms with Gasteiger partial charge in [0.15, 0.2) is 0 Å². The molecule has 4 heteroatoms. The highest BCUT2D eigenvalue weighted by atomic mass is 79.9. The average Bonchev–Trinajstić information content (AvgIpc) is 2.39. The lowest BCUT2D eigenvalue weighted by molar-refractivity contribution is 0.297. The van der Waals surface area contributed by atoms with E-state index in [4.69, 9.17) is 16.3 Å². The molecule has 0 amide bonds. The van der Waals surface area contributed by atoms with Crippen LogP contribution in [0.5, 0.6) is 5.75 Å². The van der Waals surface area contributed by atoms with Crippen LogP contribution >= 0.6 is 27.5 Å². The van der Waals surface area contributed by atoms with E-state index < -0.39 is 0 Å². The van der Waals surface area contributed by atoms with E-state index in [1.807, 2.05) is 18.2 Å². The molecule has 1 nitrogen and oxygen atoms in total. The van der Waals surface area contributed by atoms with Crippen molar-refractivity contribution in [3.8, 4) is 5.75 Å². The number of halogens is 3. The quantitative estimate of drug-likeness (QED) is 0.725. The first-order chi connectivity index (χ1) is 8.70. The molecule has 2 rings (SSSR count). The zero-order valence-corrected chi connectivity index (χ0v) is 11.8. The molecule has 0 bridgehead atoms. The van der Waals surface area contributed by atoms with E-state index in [9.17, 15) is 4.39 Å². The molecule has 0 aliphatic rings. The van der Waals surface area contributed by atoms with E-state index >= 15 is 0 Å². The van der Waals surface area contributed by atoms with Crippen LogP contribution in [-0.4, -0.2) is 0 Å². The van der Waals surface area contributed by atoms with Crippen molar-refractivity contribution in [2.45, 2.75) is 12.5 Å². The molecule has 0 aromatic heterocycles. The van der Waals surface area contributed by atoms with Gasteiger partial charge in [-0.25, -0.2) is 4.39 Å². The van der Waals surface area contributed by atoms with Crippen LogP contribution in [0.4, 0.5) is 4.39 Å². The average molecular weight is 330 g/mol. The molecule has 0 N–H and O–H groups in total. The Balaban J connectivity index is 2.13. The molecule has 0 aliphatic carbocycles. The first-order valence-corrected chi connectivity index (χ1v) is 6.74. The maximum absolute atomic E-state index is 13.4. The van der Waals surface area contributed by atoms with Crippen LogP contribution in [0.25, 0.3) is 0 Å². The normalized spacial score (nSPS) is 10.4. The Kier molecular flexibility index (Phi) is 4.61. The van der Waals surface area contributed by atoms with Crippen molar-refractivity contribution >= 4 is 27.5 Å². The van der Waals surface area contributed by atoms with Gasteiger partial charge in [0.05, 0.1) is 5.88 Å². The van der Waals surface area contributed by atoms with Crippen molar-refractivity contribution in [3.63, 3.8) is 0 Å². The molecule has 0 saturated carbocycles. The Morgan fingerprint density at radius 3 is 2.61 bits per heavy atom. The predicted octanol–water partition coefficient (Wildman–Crippen LogP) is 4.91. The standard InChI is InChI=1S/C14H11BrClFO/c15-12-5-6-14(11(7-12)8-16)18-9-10-3-1-2-4-13(10)17/h1-7H,8-9H2. The minimum atomic E-state index is -0.262. The van der Waals surface area contributed by atoms with Gasteiger partial charge < -0.3 is 4.74 Å². The summed E-state index contributed by atoms with van der Waals surface area (Å²) in [6, 6.07) is 12.1. The lowest BCUT2D eigenvalue weighted by Crippen LogP contribution is -2.00. The Labute approximate surface area is 119 Å². The highest BCUT2D eigenvalue weighted by molar-refractivity contribution is 9.10. The molecule has 18 heavy (non-hydrogen) atoms. The Bertz CT molecular complexity index is 545. The Hall–Kier alpha value is -1.06. The van der Waals surface area contributed by atoms with E-state index in [0.29, 0.717) is 17.2 Å². The minimum Gasteiger partial charge on any atom is -0.488 e. The number of rotatable bonds is 4. The van der Waals surface area contributed by atoms with Crippen molar-refractivity contribution in [2.24, 2.45) is 0 Å². The molecule has 0 saturated heterocycles. The molecule has 2 aromatic rings. The molecule has 94 valence electrons. The summed E-state index contributed by atoms with van der Waals surface area (Å²) in [7, 11) is 0. The topological polar surface area (TPSA) is 9.23 Å². The van der Waals surface area contributed by atoms with Crippen molar-refractivity contribution in [3.05, 3.63) is 63.9 Å². The maximum atomic E-state index is 13.4. The molecule has 0 radical (unpaired) electrons. The third-order valence-corrected chi connectivity index (χ3v) is 3.29. The fourth-order valence-corrected chi connectivity index (χ4v) is 2.18. The monoisotopic (exact) mass is 328 g/mol. The molecule has 0 fully saturated rings. The first kappa shape index (κ1) is 13.4. The summed E-state index contributed by atoms with van der Waals surface area (Å²) in [6.07, 6.45) is 0. The van der Waals surface area contributed by atoms with Gasteiger partial charge in [-0.3, -0.25) is 0 Å². The Morgan fingerprint density at radius 1 is 1.11 bits per heavy atom. The summed E-state index contributed by atoms with van der Waals surface area (Å²) in [5.74, 6) is 0.768. The van der Waals surface area contributed by atoms with Gasteiger partial charge in [0.2, 0.25) is 0 Å². The van der Waals surface area contributed by atoms with E-state index in [0.717, 1.165) is 10.0 Å². The largest absolute Gasteiger partial charge is 0.488 e. The number of hydrogen-bond donors (Lipinski definition) is 0. The minimum absolute atomic E-state index is 0.193. The van der Waals surface area contributed by atoms with Gasteiger partial charge in [-0.1, -0.05) is 34.1 Å². The van der Waals surface area contributed by atoms with Gasteiger partial charge in [-0.05, 0) is 24.3 Å². The third kappa shape index (κ3) is 3.24. The van der Waals surface area contributed by atoms with Crippen molar-refractivity contribution in [1.82, 2.24) is 0 Å². The van der Waals surface area contributed by atoms with Crippen LogP contribution in [0.2, 0.25) is 0 Å². The number of alkyl halides is 1. The van der Waals surface area contributed by atoms with E-state index in [1.165, 1.54) is 6.07 Å². The molecule has 0 spiro atoms. The second kappa shape index (κ2) is 6.21. The highest BCUT2D eigenvalue weighted by Crippen LogP contribution is 2.25. The van der Waals surface area contributed by atoms with Gasteiger partial charge in [-0.15, -0.1) is 11.6 Å². The van der Waals surface area contributed by atoms with Gasteiger partial charge in [0.1, 0.15) is 18.2 Å². The molecule has 0 heterocycles. The summed E-state index contributed by atoms with van der Waals surface area (Å²) >= 11 is 9.21. The molecule has 0 unspecified atom stereocenters.